The molecule has 0 fully saturated rings. The van der Waals surface area contributed by atoms with E-state index in [0.717, 1.165) is 23.8 Å². The molecule has 1 aliphatic rings. The molecule has 0 saturated heterocycles. The van der Waals surface area contributed by atoms with Gasteiger partial charge in [0.1, 0.15) is 26.2 Å². The number of hydrogen-bond acceptors (Lipinski definition) is 9. The second-order valence-corrected chi connectivity index (χ2v) is 16.6. The highest BCUT2D eigenvalue weighted by Gasteiger charge is 2.30. The lowest BCUT2D eigenvalue weighted by atomic mass is 9.92. The van der Waals surface area contributed by atoms with E-state index in [0.29, 0.717) is 29.0 Å². The van der Waals surface area contributed by atoms with Crippen molar-refractivity contribution >= 4 is 65.6 Å². The summed E-state index contributed by atoms with van der Waals surface area (Å²) in [6, 6.07) is 10.9. The maximum Gasteiger partial charge on any atom is 0.319 e. The Bertz CT molecular complexity index is 2590. The molecule has 0 bridgehead atoms. The van der Waals surface area contributed by atoms with E-state index < -0.39 is 51.1 Å². The van der Waals surface area contributed by atoms with Crippen LogP contribution in [0.3, 0.4) is 0 Å². The number of carbonyl (C=O) groups is 1. The van der Waals surface area contributed by atoms with Crippen LogP contribution in [0.1, 0.15) is 41.7 Å². The van der Waals surface area contributed by atoms with Gasteiger partial charge in [-0.05, 0) is 72.9 Å². The van der Waals surface area contributed by atoms with Gasteiger partial charge in [-0.1, -0.05) is 44.7 Å². The average Bonchev–Trinajstić information content (AvgIpc) is 3.00. The highest BCUT2D eigenvalue weighted by atomic mass is 32.2. The fourth-order valence-electron chi connectivity index (χ4n) is 5.88. The van der Waals surface area contributed by atoms with E-state index in [1.807, 2.05) is 13.8 Å². The van der Waals surface area contributed by atoms with Crippen LogP contribution in [0.4, 0.5) is 21.9 Å². The number of fused-ring (bicyclic) bond motifs is 2. The van der Waals surface area contributed by atoms with Gasteiger partial charge in [0.05, 0.1) is 11.4 Å². The smallest absolute Gasteiger partial charge is 0.319 e. The predicted molar refractivity (Wildman–Crippen MR) is 191 cm³/mol. The minimum absolute atomic E-state index is 0.0489. The SMILES string of the molecule is C=c1cc2c(cc1S(=O)(=O)O)=C(c1ccccc1S(=O)(=O)O)c1cc(S(=O)(=O)O)c(Nc3c(C)cc(C)c(NC(=O)NCC(C)C)c3C)cc1O2. The van der Waals surface area contributed by atoms with Crippen molar-refractivity contribution in [2.45, 2.75) is 49.3 Å². The molecule has 2 amide bonds. The van der Waals surface area contributed by atoms with Gasteiger partial charge in [-0.3, -0.25) is 13.7 Å². The largest absolute Gasteiger partial charge is 0.456 e. The van der Waals surface area contributed by atoms with Gasteiger partial charge in [0.2, 0.25) is 0 Å². The van der Waals surface area contributed by atoms with Crippen LogP contribution in [0.25, 0.3) is 12.2 Å². The van der Waals surface area contributed by atoms with Crippen molar-refractivity contribution in [3.8, 4) is 11.5 Å². The normalized spacial score (nSPS) is 12.9. The zero-order valence-electron chi connectivity index (χ0n) is 28.0. The zero-order valence-corrected chi connectivity index (χ0v) is 30.5. The Hall–Kier alpha value is -4.78. The summed E-state index contributed by atoms with van der Waals surface area (Å²) in [6.07, 6.45) is 0. The monoisotopic (exact) mass is 757 g/mol. The van der Waals surface area contributed by atoms with Crippen molar-refractivity contribution < 1.29 is 48.4 Å². The van der Waals surface area contributed by atoms with Crippen LogP contribution < -0.4 is 31.1 Å². The molecule has 0 saturated carbocycles. The Kier molecular flexibility index (Phi) is 9.85. The number of ether oxygens (including phenoxy) is 1. The second-order valence-electron chi connectivity index (χ2n) is 12.4. The Morgan fingerprint density at radius 3 is 1.98 bits per heavy atom. The van der Waals surface area contributed by atoms with Crippen molar-refractivity contribution in [2.24, 2.45) is 5.92 Å². The van der Waals surface area contributed by atoms with Crippen LogP contribution in [0, 0.1) is 26.7 Å². The minimum atomic E-state index is -5.05. The zero-order chi connectivity index (χ0) is 37.8. The Morgan fingerprint density at radius 1 is 0.765 bits per heavy atom. The Labute approximate surface area is 295 Å². The summed E-state index contributed by atoms with van der Waals surface area (Å²) in [5.41, 5.74) is 2.18. The first kappa shape index (κ1) is 37.5. The Morgan fingerprint density at radius 2 is 1.37 bits per heavy atom. The van der Waals surface area contributed by atoms with Crippen molar-refractivity contribution in [2.75, 3.05) is 17.2 Å². The third-order valence-corrected chi connectivity index (χ3v) is 10.9. The quantitative estimate of drug-likeness (QED) is 0.113. The Balaban J connectivity index is 1.80. The molecule has 4 aromatic carbocycles. The first-order valence-electron chi connectivity index (χ1n) is 15.3. The van der Waals surface area contributed by atoms with Gasteiger partial charge >= 0.3 is 6.03 Å². The molecule has 0 aromatic heterocycles. The minimum Gasteiger partial charge on any atom is -0.456 e. The number of benzene rings is 4. The van der Waals surface area contributed by atoms with Gasteiger partial charge < -0.3 is 20.7 Å². The number of urea groups is 1. The predicted octanol–water partition coefficient (Wildman–Crippen LogP) is 4.64. The second kappa shape index (κ2) is 13.4. The van der Waals surface area contributed by atoms with E-state index in [9.17, 15) is 43.7 Å². The van der Waals surface area contributed by atoms with Crippen LogP contribution in [0.5, 0.6) is 11.5 Å². The van der Waals surface area contributed by atoms with Crippen LogP contribution in [0.15, 0.2) is 69.3 Å². The highest BCUT2D eigenvalue weighted by molar-refractivity contribution is 7.86. The highest BCUT2D eigenvalue weighted by Crippen LogP contribution is 2.43. The summed E-state index contributed by atoms with van der Waals surface area (Å²) in [7, 11) is -14.8. The van der Waals surface area contributed by atoms with Gasteiger partial charge in [0.15, 0.2) is 0 Å². The number of carbonyl (C=O) groups excluding carboxylic acids is 1. The van der Waals surface area contributed by atoms with E-state index in [4.69, 9.17) is 4.74 Å². The lowest BCUT2D eigenvalue weighted by Gasteiger charge is -2.25. The molecule has 51 heavy (non-hydrogen) atoms. The summed E-state index contributed by atoms with van der Waals surface area (Å²) < 4.78 is 112. The summed E-state index contributed by atoms with van der Waals surface area (Å²) in [6.45, 7) is 13.3. The van der Waals surface area contributed by atoms with Gasteiger partial charge in [-0.15, -0.1) is 0 Å². The molecule has 14 nitrogen and oxygen atoms in total. The first-order valence-corrected chi connectivity index (χ1v) is 19.6. The number of anilines is 3. The molecular weight excluding hydrogens is 723 g/mol. The third kappa shape index (κ3) is 7.63. The van der Waals surface area contributed by atoms with Gasteiger partial charge in [-0.2, -0.15) is 25.3 Å². The third-order valence-electron chi connectivity index (χ3n) is 8.13. The number of hydrogen-bond donors (Lipinski definition) is 6. The van der Waals surface area contributed by atoms with Gasteiger partial charge in [0, 0.05) is 40.2 Å². The number of aryl methyl sites for hydroxylation is 2. The molecule has 0 unspecified atom stereocenters. The maximum atomic E-state index is 13.0. The van der Waals surface area contributed by atoms with Crippen molar-refractivity contribution in [1.29, 1.82) is 0 Å². The van der Waals surface area contributed by atoms with Crippen LogP contribution >= 0.6 is 0 Å². The summed E-state index contributed by atoms with van der Waals surface area (Å²) in [5.74, 6) is 0.0898. The molecule has 1 heterocycles. The van der Waals surface area contributed by atoms with Crippen molar-refractivity contribution in [3.63, 3.8) is 0 Å². The molecule has 4 aromatic rings. The lowest BCUT2D eigenvalue weighted by molar-refractivity contribution is 0.251. The molecule has 270 valence electrons. The summed E-state index contributed by atoms with van der Waals surface area (Å²) in [5, 5.41) is 8.40. The molecule has 0 radical (unpaired) electrons. The fourth-order valence-corrected chi connectivity index (χ4v) is 7.89. The summed E-state index contributed by atoms with van der Waals surface area (Å²) >= 11 is 0. The standard InChI is InChI=1S/C34H35N3O11S3/c1-17(2)16-35-34(38)37-33-20(5)11-19(4)32(21(33)6)36-25-15-27-24(14-30(25)51(45,46)47)31(22-9-7-8-10-28(22)49(39,40)41)23-13-29(50(42,43)44)18(3)12-26(23)48-27/h7-15,17,36H,3,16H2,1-2,4-6H3,(H2,35,37,38)(H,39,40,41)(H,42,43,44)(H,45,46,47). The van der Waals surface area contributed by atoms with Gasteiger partial charge in [0.25, 0.3) is 30.4 Å². The van der Waals surface area contributed by atoms with Crippen LogP contribution in [0.2, 0.25) is 0 Å². The molecular formula is C34H35N3O11S3. The first-order chi connectivity index (χ1) is 23.6. The molecule has 0 atom stereocenters. The molecule has 5 rings (SSSR count). The number of amides is 2. The molecule has 0 aliphatic carbocycles. The van der Waals surface area contributed by atoms with Crippen molar-refractivity contribution in [1.82, 2.24) is 5.32 Å². The molecule has 0 spiro atoms. The average molecular weight is 758 g/mol. The molecule has 17 heteroatoms. The molecule has 6 N–H and O–H groups in total. The fraction of sp³-hybridized carbons (Fsp3) is 0.206. The number of rotatable bonds is 9. The lowest BCUT2D eigenvalue weighted by Crippen LogP contribution is -2.32. The van der Waals surface area contributed by atoms with Crippen LogP contribution in [-0.2, 0) is 30.4 Å². The van der Waals surface area contributed by atoms with Crippen molar-refractivity contribution in [3.05, 3.63) is 92.9 Å². The van der Waals surface area contributed by atoms with Crippen LogP contribution in [-0.4, -0.2) is 51.5 Å². The number of nitrogens with one attached hydrogen (secondary N) is 3. The van der Waals surface area contributed by atoms with E-state index >= 15 is 0 Å². The summed E-state index contributed by atoms with van der Waals surface area (Å²) in [4.78, 5) is 10.7. The molecule has 1 aliphatic heterocycles. The van der Waals surface area contributed by atoms with Gasteiger partial charge in [-0.25, -0.2) is 4.79 Å². The van der Waals surface area contributed by atoms with E-state index in [-0.39, 0.29) is 50.2 Å². The van der Waals surface area contributed by atoms with E-state index in [1.54, 1.807) is 26.8 Å². The van der Waals surface area contributed by atoms with E-state index in [1.165, 1.54) is 30.3 Å². The maximum absolute atomic E-state index is 13.0. The van der Waals surface area contributed by atoms with E-state index in [2.05, 4.69) is 22.5 Å². The topological polar surface area (TPSA) is 225 Å².